The van der Waals surface area contributed by atoms with Crippen LogP contribution in [-0.4, -0.2) is 46.9 Å². The van der Waals surface area contributed by atoms with Gasteiger partial charge in [-0.25, -0.2) is 9.78 Å². The van der Waals surface area contributed by atoms with Crippen molar-refractivity contribution in [3.8, 4) is 0 Å². The molecule has 128 valence electrons. The lowest BCUT2D eigenvalue weighted by Gasteiger charge is -2.33. The van der Waals surface area contributed by atoms with Gasteiger partial charge < -0.3 is 20.5 Å². The van der Waals surface area contributed by atoms with Crippen molar-refractivity contribution in [3.63, 3.8) is 0 Å². The summed E-state index contributed by atoms with van der Waals surface area (Å²) in [5.74, 6) is 0.650. The van der Waals surface area contributed by atoms with Crippen LogP contribution in [-0.2, 0) is 11.2 Å². The van der Waals surface area contributed by atoms with Crippen molar-refractivity contribution in [1.82, 2.24) is 9.88 Å². The Hall–Kier alpha value is -1.82. The van der Waals surface area contributed by atoms with Crippen molar-refractivity contribution >= 4 is 11.9 Å². The van der Waals surface area contributed by atoms with E-state index in [9.17, 15) is 9.90 Å². The lowest BCUT2D eigenvalue weighted by molar-refractivity contribution is 0.0471. The van der Waals surface area contributed by atoms with Gasteiger partial charge in [-0.1, -0.05) is 19.4 Å². The van der Waals surface area contributed by atoms with Crippen LogP contribution < -0.4 is 5.73 Å². The molecule has 1 aliphatic rings. The summed E-state index contributed by atoms with van der Waals surface area (Å²) in [6.45, 7) is 3.82. The molecule has 0 spiro atoms. The number of nitrogens with zero attached hydrogens (tertiary/aromatic N) is 2. The Kier molecular flexibility index (Phi) is 6.65. The quantitative estimate of drug-likeness (QED) is 0.784. The first kappa shape index (κ1) is 17.5. The molecule has 0 aromatic carbocycles. The van der Waals surface area contributed by atoms with Crippen LogP contribution in [0.1, 0.15) is 38.3 Å². The number of hydrogen-bond acceptors (Lipinski definition) is 5. The normalized spacial score (nSPS) is 17.0. The number of hydrogen-bond donors (Lipinski definition) is 2. The maximum Gasteiger partial charge on any atom is 0.409 e. The molecular weight excluding hydrogens is 294 g/mol. The fourth-order valence-electron chi connectivity index (χ4n) is 2.85. The van der Waals surface area contributed by atoms with Crippen LogP contribution in [0.3, 0.4) is 0 Å². The molecule has 23 heavy (non-hydrogen) atoms. The van der Waals surface area contributed by atoms with Crippen molar-refractivity contribution < 1.29 is 14.6 Å². The van der Waals surface area contributed by atoms with Gasteiger partial charge in [-0.3, -0.25) is 0 Å². The van der Waals surface area contributed by atoms with Crippen LogP contribution in [0.4, 0.5) is 10.6 Å². The first-order valence-electron chi connectivity index (χ1n) is 8.41. The second-order valence-electron chi connectivity index (χ2n) is 6.12. The van der Waals surface area contributed by atoms with E-state index in [1.54, 1.807) is 11.0 Å². The van der Waals surface area contributed by atoms with E-state index in [-0.39, 0.29) is 12.0 Å². The van der Waals surface area contributed by atoms with Crippen LogP contribution >= 0.6 is 0 Å². The summed E-state index contributed by atoms with van der Waals surface area (Å²) in [4.78, 5) is 17.9. The highest BCUT2D eigenvalue weighted by Crippen LogP contribution is 2.23. The molecule has 0 radical (unpaired) electrons. The highest BCUT2D eigenvalue weighted by molar-refractivity contribution is 5.67. The second kappa shape index (κ2) is 8.72. The average Bonchev–Trinajstić information content (AvgIpc) is 2.55. The SMILES string of the molecule is CCCCOC(=O)N1CCC(C(O)Cc2cccc(N)n2)CC1. The molecule has 0 bridgehead atoms. The number of unbranched alkanes of at least 4 members (excludes halogenated alkanes) is 1. The standard InChI is InChI=1S/C17H27N3O3/c1-2-3-11-23-17(22)20-9-7-13(8-10-20)15(21)12-14-5-4-6-16(18)19-14/h4-6,13,15,21H,2-3,7-12H2,1H3,(H2,18,19). The molecule has 3 N–H and O–H groups in total. The minimum Gasteiger partial charge on any atom is -0.449 e. The van der Waals surface area contributed by atoms with Gasteiger partial charge >= 0.3 is 6.09 Å². The Morgan fingerprint density at radius 1 is 1.48 bits per heavy atom. The second-order valence-corrected chi connectivity index (χ2v) is 6.12. The number of carbonyl (C=O) groups excluding carboxylic acids is 1. The highest BCUT2D eigenvalue weighted by atomic mass is 16.6. The number of aliphatic hydroxyl groups is 1. The van der Waals surface area contributed by atoms with Crippen LogP contribution in [0.2, 0.25) is 0 Å². The number of carbonyl (C=O) groups is 1. The number of aliphatic hydroxyl groups excluding tert-OH is 1. The van der Waals surface area contributed by atoms with E-state index in [2.05, 4.69) is 11.9 Å². The van der Waals surface area contributed by atoms with Crippen molar-refractivity contribution in [1.29, 1.82) is 0 Å². The molecule has 1 fully saturated rings. The summed E-state index contributed by atoms with van der Waals surface area (Å²) in [5, 5.41) is 10.4. The molecule has 1 saturated heterocycles. The van der Waals surface area contributed by atoms with Gasteiger partial charge in [-0.05, 0) is 37.3 Å². The van der Waals surface area contributed by atoms with Gasteiger partial charge in [0.2, 0.25) is 0 Å². The van der Waals surface area contributed by atoms with Crippen LogP contribution in [0.5, 0.6) is 0 Å². The summed E-state index contributed by atoms with van der Waals surface area (Å²) < 4.78 is 5.23. The molecular formula is C17H27N3O3. The van der Waals surface area contributed by atoms with Gasteiger partial charge in [-0.2, -0.15) is 0 Å². The van der Waals surface area contributed by atoms with E-state index in [4.69, 9.17) is 10.5 Å². The summed E-state index contributed by atoms with van der Waals surface area (Å²) in [5.41, 5.74) is 6.47. The van der Waals surface area contributed by atoms with Gasteiger partial charge in [0.25, 0.3) is 0 Å². The molecule has 0 aliphatic carbocycles. The average molecular weight is 321 g/mol. The summed E-state index contributed by atoms with van der Waals surface area (Å²) in [6.07, 6.45) is 3.29. The predicted molar refractivity (Wildman–Crippen MR) is 88.9 cm³/mol. The minimum atomic E-state index is -0.456. The number of piperidine rings is 1. The first-order valence-corrected chi connectivity index (χ1v) is 8.41. The van der Waals surface area contributed by atoms with Crippen molar-refractivity contribution in [3.05, 3.63) is 23.9 Å². The van der Waals surface area contributed by atoms with E-state index in [0.29, 0.717) is 31.9 Å². The molecule has 1 atom stereocenters. The molecule has 1 aromatic heterocycles. The molecule has 1 unspecified atom stereocenters. The lowest BCUT2D eigenvalue weighted by Crippen LogP contribution is -2.42. The largest absolute Gasteiger partial charge is 0.449 e. The Morgan fingerprint density at radius 3 is 2.87 bits per heavy atom. The van der Waals surface area contributed by atoms with E-state index in [1.807, 2.05) is 12.1 Å². The van der Waals surface area contributed by atoms with Gasteiger partial charge in [0, 0.05) is 25.2 Å². The number of nitrogens with two attached hydrogens (primary N) is 1. The number of amides is 1. The zero-order chi connectivity index (χ0) is 16.7. The van der Waals surface area contributed by atoms with Crippen molar-refractivity contribution in [2.24, 2.45) is 5.92 Å². The molecule has 2 rings (SSSR count). The number of aromatic nitrogens is 1. The Labute approximate surface area is 137 Å². The van der Waals surface area contributed by atoms with Crippen molar-refractivity contribution in [2.75, 3.05) is 25.4 Å². The maximum absolute atomic E-state index is 11.9. The van der Waals surface area contributed by atoms with Gasteiger partial charge in [0.15, 0.2) is 0 Å². The van der Waals surface area contributed by atoms with Gasteiger partial charge in [-0.15, -0.1) is 0 Å². The summed E-state index contributed by atoms with van der Waals surface area (Å²) >= 11 is 0. The van der Waals surface area contributed by atoms with Gasteiger partial charge in [0.05, 0.1) is 12.7 Å². The Bertz CT molecular complexity index is 502. The maximum atomic E-state index is 11.9. The van der Waals surface area contributed by atoms with Crippen LogP contribution in [0, 0.1) is 5.92 Å². The monoisotopic (exact) mass is 321 g/mol. The zero-order valence-corrected chi connectivity index (χ0v) is 13.8. The zero-order valence-electron chi connectivity index (χ0n) is 13.8. The Morgan fingerprint density at radius 2 is 2.22 bits per heavy atom. The molecule has 0 saturated carbocycles. The summed E-state index contributed by atoms with van der Waals surface area (Å²) in [6, 6.07) is 5.46. The predicted octanol–water partition coefficient (Wildman–Crippen LogP) is 2.22. The van der Waals surface area contributed by atoms with E-state index >= 15 is 0 Å². The first-order chi connectivity index (χ1) is 11.1. The number of anilines is 1. The Balaban J connectivity index is 1.76. The molecule has 1 aromatic rings. The fourth-order valence-corrected chi connectivity index (χ4v) is 2.85. The summed E-state index contributed by atoms with van der Waals surface area (Å²) in [7, 11) is 0. The van der Waals surface area contributed by atoms with E-state index in [1.165, 1.54) is 0 Å². The van der Waals surface area contributed by atoms with Crippen LogP contribution in [0.25, 0.3) is 0 Å². The third kappa shape index (κ3) is 5.39. The third-order valence-corrected chi connectivity index (χ3v) is 4.31. The number of rotatable bonds is 6. The lowest BCUT2D eigenvalue weighted by atomic mass is 9.89. The number of ether oxygens (including phenoxy) is 1. The van der Waals surface area contributed by atoms with E-state index < -0.39 is 6.10 Å². The number of likely N-dealkylation sites (tertiary alicyclic amines) is 1. The number of pyridine rings is 1. The third-order valence-electron chi connectivity index (χ3n) is 4.31. The molecule has 6 nitrogen and oxygen atoms in total. The molecule has 6 heteroatoms. The molecule has 2 heterocycles. The van der Waals surface area contributed by atoms with Crippen LogP contribution in [0.15, 0.2) is 18.2 Å². The van der Waals surface area contributed by atoms with E-state index in [0.717, 1.165) is 31.4 Å². The molecule has 1 aliphatic heterocycles. The highest BCUT2D eigenvalue weighted by Gasteiger charge is 2.28. The van der Waals surface area contributed by atoms with Crippen molar-refractivity contribution in [2.45, 2.75) is 45.1 Å². The molecule has 1 amide bonds. The number of nitrogen functional groups attached to an aromatic ring is 1. The fraction of sp³-hybridized carbons (Fsp3) is 0.647. The topological polar surface area (TPSA) is 88.7 Å². The smallest absolute Gasteiger partial charge is 0.409 e. The minimum absolute atomic E-state index is 0.179. The van der Waals surface area contributed by atoms with Gasteiger partial charge in [0.1, 0.15) is 5.82 Å².